The van der Waals surface area contributed by atoms with E-state index in [4.69, 9.17) is 0 Å². The second-order valence-electron chi connectivity index (χ2n) is 6.20. The van der Waals surface area contributed by atoms with E-state index in [1.807, 2.05) is 0 Å². The topological polar surface area (TPSA) is 70.7 Å². The van der Waals surface area contributed by atoms with Gasteiger partial charge < -0.3 is 20.3 Å². The van der Waals surface area contributed by atoms with E-state index in [-0.39, 0.29) is 18.0 Å². The number of rotatable bonds is 8. The van der Waals surface area contributed by atoms with Crippen molar-refractivity contribution in [1.82, 2.24) is 4.90 Å². The Morgan fingerprint density at radius 2 is 1.67 bits per heavy atom. The van der Waals surface area contributed by atoms with E-state index in [9.17, 15) is 31.5 Å². The van der Waals surface area contributed by atoms with Crippen molar-refractivity contribution in [1.29, 1.82) is 0 Å². The molecule has 0 radical (unpaired) electrons. The fourth-order valence-electron chi connectivity index (χ4n) is 2.27. The smallest absolute Gasteiger partial charge is 0.422 e. The van der Waals surface area contributed by atoms with Crippen molar-refractivity contribution < 1.29 is 36.3 Å². The quantitative estimate of drug-likeness (QED) is 0.629. The fourth-order valence-corrected chi connectivity index (χ4v) is 2.27. The van der Waals surface area contributed by atoms with Gasteiger partial charge in [-0.25, -0.2) is 8.78 Å². The number of amides is 2. The number of alkyl halides is 3. The van der Waals surface area contributed by atoms with Gasteiger partial charge in [-0.2, -0.15) is 13.2 Å². The van der Waals surface area contributed by atoms with Crippen LogP contribution in [0.2, 0.25) is 0 Å². The summed E-state index contributed by atoms with van der Waals surface area (Å²) in [6.07, 6.45) is -4.58. The Morgan fingerprint density at radius 1 is 1.03 bits per heavy atom. The average Bonchev–Trinajstić information content (AvgIpc) is 2.66. The lowest BCUT2D eigenvalue weighted by atomic mass is 10.2. The summed E-state index contributed by atoms with van der Waals surface area (Å²) in [6.45, 7) is -2.34. The van der Waals surface area contributed by atoms with Gasteiger partial charge in [-0.3, -0.25) is 9.59 Å². The molecule has 0 fully saturated rings. The van der Waals surface area contributed by atoms with Crippen LogP contribution in [0.15, 0.2) is 42.5 Å². The van der Waals surface area contributed by atoms with Crippen LogP contribution < -0.4 is 15.4 Å². The number of halogens is 5. The van der Waals surface area contributed by atoms with Crippen molar-refractivity contribution in [2.24, 2.45) is 0 Å². The summed E-state index contributed by atoms with van der Waals surface area (Å²) >= 11 is 0. The summed E-state index contributed by atoms with van der Waals surface area (Å²) < 4.78 is 67.9. The lowest BCUT2D eigenvalue weighted by Crippen LogP contribution is -2.38. The summed E-state index contributed by atoms with van der Waals surface area (Å²) in [5.74, 6) is -2.62. The molecule has 0 spiro atoms. The Kier molecular flexibility index (Phi) is 7.56. The zero-order valence-electron chi connectivity index (χ0n) is 15.7. The summed E-state index contributed by atoms with van der Waals surface area (Å²) in [5, 5.41) is 4.98. The van der Waals surface area contributed by atoms with Crippen LogP contribution in [0.3, 0.4) is 0 Å². The molecule has 6 nitrogen and oxygen atoms in total. The van der Waals surface area contributed by atoms with Gasteiger partial charge in [0.15, 0.2) is 6.61 Å². The van der Waals surface area contributed by atoms with E-state index in [1.54, 1.807) is 0 Å². The number of anilines is 2. The maximum atomic E-state index is 13.4. The molecule has 2 aromatic rings. The van der Waals surface area contributed by atoms with Crippen molar-refractivity contribution in [2.45, 2.75) is 6.18 Å². The zero-order chi connectivity index (χ0) is 22.3. The Balaban J connectivity index is 1.90. The predicted molar refractivity (Wildman–Crippen MR) is 99.1 cm³/mol. The number of nitrogens with one attached hydrogen (secondary N) is 2. The molecule has 0 aliphatic rings. The van der Waals surface area contributed by atoms with E-state index in [2.05, 4.69) is 15.4 Å². The number of likely N-dealkylation sites (N-methyl/N-ethyl adjacent to an activating group) is 1. The molecule has 0 aromatic heterocycles. The Labute approximate surface area is 168 Å². The van der Waals surface area contributed by atoms with Crippen molar-refractivity contribution in [3.05, 3.63) is 54.1 Å². The van der Waals surface area contributed by atoms with E-state index in [0.717, 1.165) is 35.2 Å². The number of carbonyl (C=O) groups excluding carboxylic acids is 2. The van der Waals surface area contributed by atoms with Gasteiger partial charge in [0.2, 0.25) is 11.8 Å². The number of hydrogen-bond donors (Lipinski definition) is 2. The molecule has 0 aliphatic heterocycles. The minimum absolute atomic E-state index is 0.142. The third-order valence-corrected chi connectivity index (χ3v) is 3.70. The molecule has 2 rings (SSSR count). The molecular weight excluding hydrogens is 413 g/mol. The highest BCUT2D eigenvalue weighted by Crippen LogP contribution is 2.27. The maximum absolute atomic E-state index is 13.4. The van der Waals surface area contributed by atoms with Crippen LogP contribution in [-0.2, 0) is 9.59 Å². The van der Waals surface area contributed by atoms with Crippen LogP contribution in [0.25, 0.3) is 0 Å². The minimum atomic E-state index is -4.58. The molecule has 0 atom stereocenters. The summed E-state index contributed by atoms with van der Waals surface area (Å²) in [6, 6.07) is 7.84. The van der Waals surface area contributed by atoms with Gasteiger partial charge in [0.25, 0.3) is 0 Å². The molecule has 30 heavy (non-hydrogen) atoms. The largest absolute Gasteiger partial charge is 0.482 e. The number of ether oxygens (including phenoxy) is 1. The Bertz CT molecular complexity index is 888. The van der Waals surface area contributed by atoms with Gasteiger partial charge in [0.05, 0.1) is 18.8 Å². The summed E-state index contributed by atoms with van der Waals surface area (Å²) in [5.41, 5.74) is 0.198. The number of nitrogens with zero attached hydrogens (tertiary/aromatic N) is 1. The lowest BCUT2D eigenvalue weighted by molar-refractivity contribution is -0.153. The van der Waals surface area contributed by atoms with Crippen LogP contribution in [0, 0.1) is 11.6 Å². The molecule has 0 bridgehead atoms. The van der Waals surface area contributed by atoms with Gasteiger partial charge >= 0.3 is 6.18 Å². The second kappa shape index (κ2) is 9.90. The molecule has 2 amide bonds. The molecule has 162 valence electrons. The highest BCUT2D eigenvalue weighted by atomic mass is 19.4. The van der Waals surface area contributed by atoms with Crippen LogP contribution in [0.5, 0.6) is 5.75 Å². The van der Waals surface area contributed by atoms with Crippen LogP contribution in [0.1, 0.15) is 0 Å². The van der Waals surface area contributed by atoms with Gasteiger partial charge in [0.1, 0.15) is 17.4 Å². The van der Waals surface area contributed by atoms with Gasteiger partial charge in [0, 0.05) is 18.8 Å². The van der Waals surface area contributed by atoms with Crippen LogP contribution in [0.4, 0.5) is 33.3 Å². The van der Waals surface area contributed by atoms with E-state index in [0.29, 0.717) is 5.69 Å². The molecule has 0 unspecified atom stereocenters. The van der Waals surface area contributed by atoms with Crippen LogP contribution >= 0.6 is 0 Å². The molecule has 0 aliphatic carbocycles. The Morgan fingerprint density at radius 3 is 2.30 bits per heavy atom. The molecule has 2 aromatic carbocycles. The molecule has 2 N–H and O–H groups in total. The first-order valence-corrected chi connectivity index (χ1v) is 8.56. The first-order chi connectivity index (χ1) is 14.0. The van der Waals surface area contributed by atoms with E-state index in [1.165, 1.54) is 19.2 Å². The number of hydrogen-bond acceptors (Lipinski definition) is 4. The summed E-state index contributed by atoms with van der Waals surface area (Å²) in [7, 11) is 1.33. The standard InChI is InChI=1S/C19H18F5N3O3/c1-27(10-17(28)26-14-5-2-12(20)3-6-14)18(29)9-25-15-8-13(21)4-7-16(15)30-11-19(22,23)24/h2-8,25H,9-11H2,1H3,(H,26,28). The second-order valence-corrected chi connectivity index (χ2v) is 6.20. The fraction of sp³-hybridized carbons (Fsp3) is 0.263. The molecule has 0 saturated heterocycles. The number of carbonyl (C=O) groups is 2. The molecular formula is C19H18F5N3O3. The van der Waals surface area contributed by atoms with E-state index >= 15 is 0 Å². The minimum Gasteiger partial charge on any atom is -0.482 e. The van der Waals surface area contributed by atoms with Gasteiger partial charge in [-0.1, -0.05) is 0 Å². The number of benzene rings is 2. The van der Waals surface area contributed by atoms with E-state index < -0.39 is 42.8 Å². The monoisotopic (exact) mass is 431 g/mol. The highest BCUT2D eigenvalue weighted by Gasteiger charge is 2.29. The lowest BCUT2D eigenvalue weighted by Gasteiger charge is -2.19. The van der Waals surface area contributed by atoms with Crippen molar-refractivity contribution in [3.63, 3.8) is 0 Å². The third kappa shape index (κ3) is 7.57. The maximum Gasteiger partial charge on any atom is 0.422 e. The van der Waals surface area contributed by atoms with Gasteiger partial charge in [-0.05, 0) is 36.4 Å². The van der Waals surface area contributed by atoms with Crippen molar-refractivity contribution >= 4 is 23.2 Å². The molecule has 11 heteroatoms. The summed E-state index contributed by atoms with van der Waals surface area (Å²) in [4.78, 5) is 25.2. The molecule has 0 heterocycles. The first-order valence-electron chi connectivity index (χ1n) is 8.56. The normalized spacial score (nSPS) is 11.0. The van der Waals surface area contributed by atoms with Crippen molar-refractivity contribution in [2.75, 3.05) is 37.4 Å². The third-order valence-electron chi connectivity index (χ3n) is 3.70. The SMILES string of the molecule is CN(CC(=O)Nc1ccc(F)cc1)C(=O)CNc1cc(F)ccc1OCC(F)(F)F. The first kappa shape index (κ1) is 22.9. The molecule has 0 saturated carbocycles. The highest BCUT2D eigenvalue weighted by molar-refractivity contribution is 5.95. The predicted octanol–water partition coefficient (Wildman–Crippen LogP) is 3.41. The zero-order valence-corrected chi connectivity index (χ0v) is 15.7. The van der Waals surface area contributed by atoms with Gasteiger partial charge in [-0.15, -0.1) is 0 Å². The Hall–Kier alpha value is -3.37. The average molecular weight is 431 g/mol. The van der Waals surface area contributed by atoms with Crippen molar-refractivity contribution in [3.8, 4) is 5.75 Å². The van der Waals surface area contributed by atoms with Crippen LogP contribution in [-0.4, -0.2) is 49.6 Å².